The third-order valence-electron chi connectivity index (χ3n) is 1.02. The van der Waals surface area contributed by atoms with Gasteiger partial charge in [0.15, 0.2) is 0 Å². The van der Waals surface area contributed by atoms with E-state index < -0.39 is 21.3 Å². The average molecular weight is 228 g/mol. The zero-order valence-electron chi connectivity index (χ0n) is 6.99. The fourth-order valence-corrected chi connectivity index (χ4v) is 1.24. The molecular weight excluding hydrogens is 220 g/mol. The zero-order valence-corrected chi connectivity index (χ0v) is 7.81. The van der Waals surface area contributed by atoms with Gasteiger partial charge in [-0.25, -0.2) is 0 Å². The highest BCUT2D eigenvalue weighted by molar-refractivity contribution is 7.91. The van der Waals surface area contributed by atoms with Crippen LogP contribution < -0.4 is 0 Å². The van der Waals surface area contributed by atoms with Crippen LogP contribution in [0, 0.1) is 20.2 Å². The normalized spacial score (nSPS) is 9.86. The van der Waals surface area contributed by atoms with Gasteiger partial charge < -0.3 is 14.2 Å². The summed E-state index contributed by atoms with van der Waals surface area (Å²) in [6.07, 6.45) is 0. The molecular formula is C4H8N2O7S. The second kappa shape index (κ2) is 7.15. The Morgan fingerprint density at radius 3 is 1.64 bits per heavy atom. The van der Waals surface area contributed by atoms with Crippen molar-refractivity contribution in [3.05, 3.63) is 20.2 Å². The van der Waals surface area contributed by atoms with Crippen LogP contribution in [0.25, 0.3) is 0 Å². The maximum absolute atomic E-state index is 10.9. The molecule has 0 aliphatic rings. The number of rotatable bonds is 8. The summed E-state index contributed by atoms with van der Waals surface area (Å²) in [5.74, 6) is -0.107. The van der Waals surface area contributed by atoms with E-state index >= 15 is 0 Å². The zero-order chi connectivity index (χ0) is 11.0. The topological polar surface area (TPSA) is 128 Å². The van der Waals surface area contributed by atoms with E-state index in [0.717, 1.165) is 0 Å². The Kier molecular flexibility index (Phi) is 6.49. The second-order valence-electron chi connectivity index (χ2n) is 1.96. The van der Waals surface area contributed by atoms with Crippen molar-refractivity contribution >= 4 is 11.2 Å². The summed E-state index contributed by atoms with van der Waals surface area (Å²) >= 11 is -1.41. The first kappa shape index (κ1) is 12.7. The van der Waals surface area contributed by atoms with Crippen molar-refractivity contribution < 1.29 is 24.4 Å². The molecule has 0 rings (SSSR count). The van der Waals surface area contributed by atoms with Crippen molar-refractivity contribution in [1.82, 2.24) is 0 Å². The summed E-state index contributed by atoms with van der Waals surface area (Å²) in [7, 11) is 0. The average Bonchev–Trinajstić information content (AvgIpc) is 2.02. The van der Waals surface area contributed by atoms with Gasteiger partial charge in [0.2, 0.25) is 0 Å². The van der Waals surface area contributed by atoms with Crippen LogP contribution >= 0.6 is 0 Å². The Balaban J connectivity index is 3.32. The van der Waals surface area contributed by atoms with E-state index in [1.807, 2.05) is 0 Å². The summed E-state index contributed by atoms with van der Waals surface area (Å²) in [6.45, 7) is -0.587. The summed E-state index contributed by atoms with van der Waals surface area (Å²) in [6, 6.07) is 0. The van der Waals surface area contributed by atoms with Crippen molar-refractivity contribution in [2.24, 2.45) is 0 Å². The lowest BCUT2D eigenvalue weighted by Crippen LogP contribution is -2.21. The molecule has 0 aliphatic carbocycles. The number of hydrogen-bond donors (Lipinski definition) is 0. The highest BCUT2D eigenvalue weighted by Gasteiger charge is 2.08. The quantitative estimate of drug-likeness (QED) is 0.300. The Labute approximate surface area is 81.4 Å². The fourth-order valence-electron chi connectivity index (χ4n) is 0.512. The molecule has 0 bridgehead atoms. The smallest absolute Gasteiger partial charge is 0.294 e. The van der Waals surface area contributed by atoms with Crippen LogP contribution in [-0.2, 0) is 20.9 Å². The van der Waals surface area contributed by atoms with Crippen LogP contribution in [0.15, 0.2) is 0 Å². The Hall–Kier alpha value is -1.29. The van der Waals surface area contributed by atoms with Crippen molar-refractivity contribution in [1.29, 1.82) is 0 Å². The molecule has 0 saturated carbocycles. The van der Waals surface area contributed by atoms with Gasteiger partial charge in [-0.2, -0.15) is 0 Å². The van der Waals surface area contributed by atoms with E-state index in [9.17, 15) is 24.8 Å². The first-order chi connectivity index (χ1) is 6.52. The third-order valence-corrected chi connectivity index (χ3v) is 2.26. The molecule has 14 heavy (non-hydrogen) atoms. The molecule has 0 aromatic heterocycles. The van der Waals surface area contributed by atoms with Gasteiger partial charge in [0.25, 0.3) is 10.2 Å². The third kappa shape index (κ3) is 8.80. The Morgan fingerprint density at radius 1 is 1.00 bits per heavy atom. The summed E-state index contributed by atoms with van der Waals surface area (Å²) in [5, 5.41) is 17.3. The van der Waals surface area contributed by atoms with E-state index in [4.69, 9.17) is 0 Å². The largest absolute Gasteiger partial charge is 0.616 e. The van der Waals surface area contributed by atoms with E-state index in [0.29, 0.717) is 0 Å². The van der Waals surface area contributed by atoms with E-state index in [-0.39, 0.29) is 24.7 Å². The molecule has 0 atom stereocenters. The standard InChI is InChI=1S/C4H8N2O7S/c7-5(8)12-1-3-14(11)4-2-13-6(9)10/h1-4H2. The minimum Gasteiger partial charge on any atom is -0.616 e. The van der Waals surface area contributed by atoms with Gasteiger partial charge in [-0.15, -0.1) is 20.2 Å². The van der Waals surface area contributed by atoms with Gasteiger partial charge in [-0.1, -0.05) is 0 Å². The van der Waals surface area contributed by atoms with Crippen molar-refractivity contribution in [2.75, 3.05) is 24.7 Å². The Morgan fingerprint density at radius 2 is 1.36 bits per heavy atom. The fraction of sp³-hybridized carbons (Fsp3) is 1.00. The van der Waals surface area contributed by atoms with Gasteiger partial charge in [-0.3, -0.25) is 0 Å². The molecule has 0 aliphatic heterocycles. The highest BCUT2D eigenvalue weighted by atomic mass is 32.2. The first-order valence-corrected chi connectivity index (χ1v) is 4.90. The second-order valence-corrected chi connectivity index (χ2v) is 3.66. The maximum Gasteiger partial charge on any atom is 0.294 e. The molecule has 10 heteroatoms. The molecule has 0 heterocycles. The van der Waals surface area contributed by atoms with Crippen LogP contribution in [0.1, 0.15) is 0 Å². The van der Waals surface area contributed by atoms with Gasteiger partial charge in [0.1, 0.15) is 24.7 Å². The molecule has 0 unspecified atom stereocenters. The van der Waals surface area contributed by atoms with E-state index in [1.54, 1.807) is 0 Å². The predicted molar refractivity (Wildman–Crippen MR) is 43.8 cm³/mol. The highest BCUT2D eigenvalue weighted by Crippen LogP contribution is 1.92. The monoisotopic (exact) mass is 228 g/mol. The van der Waals surface area contributed by atoms with Crippen molar-refractivity contribution in [2.45, 2.75) is 0 Å². The molecule has 0 aromatic carbocycles. The van der Waals surface area contributed by atoms with Crippen LogP contribution in [0.2, 0.25) is 0 Å². The molecule has 0 aromatic rings. The number of nitrogens with zero attached hydrogens (tertiary/aromatic N) is 2. The number of hydrogen-bond acceptors (Lipinski definition) is 7. The summed E-state index contributed by atoms with van der Waals surface area (Å²) in [5.41, 5.74) is 0. The lowest BCUT2D eigenvalue weighted by atomic mass is 10.9. The summed E-state index contributed by atoms with van der Waals surface area (Å²) < 4.78 is 10.9. The molecule has 0 amide bonds. The Bertz CT molecular complexity index is 180. The van der Waals surface area contributed by atoms with Gasteiger partial charge in [0.05, 0.1) is 0 Å². The molecule has 0 saturated heterocycles. The van der Waals surface area contributed by atoms with Crippen molar-refractivity contribution in [3.8, 4) is 0 Å². The molecule has 0 radical (unpaired) electrons. The lowest BCUT2D eigenvalue weighted by molar-refractivity contribution is -0.756. The van der Waals surface area contributed by atoms with Crippen LogP contribution in [0.4, 0.5) is 0 Å². The first-order valence-electron chi connectivity index (χ1n) is 3.42. The summed E-state index contributed by atoms with van der Waals surface area (Å²) in [4.78, 5) is 27.1. The van der Waals surface area contributed by atoms with Gasteiger partial charge in [-0.05, 0) is 11.2 Å². The molecule has 82 valence electrons. The van der Waals surface area contributed by atoms with Gasteiger partial charge in [0, 0.05) is 0 Å². The van der Waals surface area contributed by atoms with Crippen LogP contribution in [0.5, 0.6) is 0 Å². The molecule has 0 spiro atoms. The van der Waals surface area contributed by atoms with Crippen molar-refractivity contribution in [3.63, 3.8) is 0 Å². The lowest BCUT2D eigenvalue weighted by Gasteiger charge is -2.08. The molecule has 0 fully saturated rings. The van der Waals surface area contributed by atoms with E-state index in [1.165, 1.54) is 0 Å². The van der Waals surface area contributed by atoms with Gasteiger partial charge >= 0.3 is 0 Å². The molecule has 9 nitrogen and oxygen atoms in total. The minimum absolute atomic E-state index is 0.0535. The maximum atomic E-state index is 10.9. The minimum atomic E-state index is -1.41. The SMILES string of the molecule is O=[N+]([O-])OCC[S+]([O-])CCO[N+](=O)[O-]. The van der Waals surface area contributed by atoms with Crippen LogP contribution in [0.3, 0.4) is 0 Å². The van der Waals surface area contributed by atoms with Crippen LogP contribution in [-0.4, -0.2) is 39.4 Å². The van der Waals surface area contributed by atoms with E-state index in [2.05, 4.69) is 9.68 Å². The predicted octanol–water partition coefficient (Wildman–Crippen LogP) is -0.848. The molecule has 0 N–H and O–H groups in total.